The number of nitrogens with zero attached hydrogens (tertiary/aromatic N) is 2. The van der Waals surface area contributed by atoms with E-state index < -0.39 is 0 Å². The van der Waals surface area contributed by atoms with Gasteiger partial charge in [0.15, 0.2) is 0 Å². The van der Waals surface area contributed by atoms with Crippen molar-refractivity contribution in [2.45, 2.75) is 83.0 Å². The zero-order valence-electron chi connectivity index (χ0n) is 20.6. The second kappa shape index (κ2) is 12.0. The maximum absolute atomic E-state index is 12.8. The van der Waals surface area contributed by atoms with Gasteiger partial charge in [0.25, 0.3) is 0 Å². The predicted octanol–water partition coefficient (Wildman–Crippen LogP) is 1.94. The van der Waals surface area contributed by atoms with Crippen LogP contribution in [0.4, 0.5) is 0 Å². The molecule has 2 saturated heterocycles. The van der Waals surface area contributed by atoms with Gasteiger partial charge in [-0.05, 0) is 56.8 Å². The molecule has 0 aromatic heterocycles. The maximum Gasteiger partial charge on any atom is 0.238 e. The Morgan fingerprint density at radius 3 is 2.76 bits per heavy atom. The van der Waals surface area contributed by atoms with E-state index in [0.717, 1.165) is 31.6 Å². The van der Waals surface area contributed by atoms with E-state index in [1.54, 1.807) is 4.90 Å². The molecular formula is C25H44N4O4. The van der Waals surface area contributed by atoms with Crippen molar-refractivity contribution in [1.29, 1.82) is 0 Å². The van der Waals surface area contributed by atoms with Crippen LogP contribution in [0.1, 0.15) is 64.7 Å². The fraction of sp³-hybridized carbons (Fsp3) is 0.920. The number of carbonyl (C=O) groups excluding carboxylic acids is 2. The van der Waals surface area contributed by atoms with Crippen LogP contribution in [0, 0.1) is 17.8 Å². The normalized spacial score (nSPS) is 35.1. The SMILES string of the molecule is CC1CCC(OCCN(C)C(=O)CN2CC(NC(=O)C3COC4CCCCC4C3)CN2)CC1. The lowest BCUT2D eigenvalue weighted by molar-refractivity contribution is -0.137. The van der Waals surface area contributed by atoms with Crippen LogP contribution in [-0.4, -0.2) is 86.4 Å². The first-order chi connectivity index (χ1) is 16.0. The number of carbonyl (C=O) groups is 2. The number of nitrogens with one attached hydrogen (secondary N) is 2. The topological polar surface area (TPSA) is 83.1 Å². The van der Waals surface area contributed by atoms with Gasteiger partial charge in [-0.25, -0.2) is 5.01 Å². The molecule has 0 aromatic carbocycles. The molecule has 2 heterocycles. The standard InChI is InChI=1S/C25H44N4O4/c1-18-7-9-22(10-8-18)32-12-11-28(2)24(30)16-29-15-21(14-26-29)27-25(31)20-13-19-5-3-4-6-23(19)33-17-20/h18-23,26H,3-17H2,1-2H3,(H,27,31). The molecule has 4 atom stereocenters. The van der Waals surface area contributed by atoms with E-state index in [2.05, 4.69) is 17.7 Å². The molecule has 0 spiro atoms. The van der Waals surface area contributed by atoms with Crippen molar-refractivity contribution in [3.8, 4) is 0 Å². The van der Waals surface area contributed by atoms with Crippen LogP contribution in [0.15, 0.2) is 0 Å². The minimum atomic E-state index is -0.0430. The van der Waals surface area contributed by atoms with Crippen LogP contribution in [0.25, 0.3) is 0 Å². The molecule has 4 fully saturated rings. The minimum Gasteiger partial charge on any atom is -0.377 e. The van der Waals surface area contributed by atoms with Gasteiger partial charge in [-0.2, -0.15) is 0 Å². The Hall–Kier alpha value is -1.22. The first-order valence-corrected chi connectivity index (χ1v) is 13.2. The monoisotopic (exact) mass is 464 g/mol. The Balaban J connectivity index is 1.11. The van der Waals surface area contributed by atoms with E-state index in [9.17, 15) is 9.59 Å². The quantitative estimate of drug-likeness (QED) is 0.571. The zero-order valence-corrected chi connectivity index (χ0v) is 20.6. The molecule has 2 amide bonds. The third-order valence-corrected chi connectivity index (χ3v) is 8.15. The van der Waals surface area contributed by atoms with Gasteiger partial charge in [0, 0.05) is 26.7 Å². The number of rotatable bonds is 8. The summed E-state index contributed by atoms with van der Waals surface area (Å²) >= 11 is 0. The Morgan fingerprint density at radius 1 is 1.15 bits per heavy atom. The number of hydrogen-bond donors (Lipinski definition) is 2. The van der Waals surface area contributed by atoms with Gasteiger partial charge in [0.05, 0.1) is 43.9 Å². The van der Waals surface area contributed by atoms with Crippen LogP contribution in [0.2, 0.25) is 0 Å². The third-order valence-electron chi connectivity index (χ3n) is 8.15. The molecular weight excluding hydrogens is 420 g/mol. The van der Waals surface area contributed by atoms with Crippen molar-refractivity contribution in [2.24, 2.45) is 17.8 Å². The van der Waals surface area contributed by atoms with Crippen molar-refractivity contribution < 1.29 is 19.1 Å². The first-order valence-electron chi connectivity index (χ1n) is 13.2. The number of hydrogen-bond acceptors (Lipinski definition) is 6. The van der Waals surface area contributed by atoms with Gasteiger partial charge in [0.1, 0.15) is 0 Å². The summed E-state index contributed by atoms with van der Waals surface area (Å²) in [5.74, 6) is 1.49. The lowest BCUT2D eigenvalue weighted by Crippen LogP contribution is -2.47. The summed E-state index contributed by atoms with van der Waals surface area (Å²) < 4.78 is 12.0. The predicted molar refractivity (Wildman–Crippen MR) is 126 cm³/mol. The summed E-state index contributed by atoms with van der Waals surface area (Å²) in [5.41, 5.74) is 3.27. The highest BCUT2D eigenvalue weighted by atomic mass is 16.5. The molecule has 0 aromatic rings. The number of ether oxygens (including phenoxy) is 2. The number of likely N-dealkylation sites (N-methyl/N-ethyl adjacent to an activating group) is 1. The highest BCUT2D eigenvalue weighted by Gasteiger charge is 2.37. The minimum absolute atomic E-state index is 0.0247. The van der Waals surface area contributed by atoms with Crippen molar-refractivity contribution in [3.05, 3.63) is 0 Å². The molecule has 4 rings (SSSR count). The van der Waals surface area contributed by atoms with Gasteiger partial charge in [-0.1, -0.05) is 19.8 Å². The summed E-state index contributed by atoms with van der Waals surface area (Å²) in [6, 6.07) is 0.0247. The smallest absolute Gasteiger partial charge is 0.238 e. The Labute approximate surface area is 199 Å². The fourth-order valence-corrected chi connectivity index (χ4v) is 5.85. The number of hydrazine groups is 1. The second-order valence-corrected chi connectivity index (χ2v) is 10.9. The highest BCUT2D eigenvalue weighted by Crippen LogP contribution is 2.35. The summed E-state index contributed by atoms with van der Waals surface area (Å²) in [5, 5.41) is 5.10. The van der Waals surface area contributed by atoms with Crippen LogP contribution >= 0.6 is 0 Å². The molecule has 0 bridgehead atoms. The van der Waals surface area contributed by atoms with Gasteiger partial charge < -0.3 is 19.7 Å². The second-order valence-electron chi connectivity index (χ2n) is 10.9. The van der Waals surface area contributed by atoms with E-state index in [4.69, 9.17) is 9.47 Å². The highest BCUT2D eigenvalue weighted by molar-refractivity contribution is 5.79. The molecule has 4 aliphatic rings. The molecule has 188 valence electrons. The average Bonchev–Trinajstić information content (AvgIpc) is 3.26. The van der Waals surface area contributed by atoms with E-state index in [1.165, 1.54) is 32.1 Å². The van der Waals surface area contributed by atoms with Gasteiger partial charge >= 0.3 is 0 Å². The Bertz CT molecular complexity index is 654. The Kier molecular flexibility index (Phi) is 9.02. The molecule has 33 heavy (non-hydrogen) atoms. The van der Waals surface area contributed by atoms with E-state index in [1.807, 2.05) is 12.1 Å². The van der Waals surface area contributed by atoms with E-state index in [0.29, 0.717) is 57.5 Å². The van der Waals surface area contributed by atoms with Crippen LogP contribution in [-0.2, 0) is 19.1 Å². The molecule has 2 N–H and O–H groups in total. The van der Waals surface area contributed by atoms with Crippen molar-refractivity contribution in [1.82, 2.24) is 20.7 Å². The van der Waals surface area contributed by atoms with Gasteiger partial charge in [-0.15, -0.1) is 0 Å². The summed E-state index contributed by atoms with van der Waals surface area (Å²) in [6.45, 7) is 5.66. The molecule has 4 unspecified atom stereocenters. The van der Waals surface area contributed by atoms with E-state index >= 15 is 0 Å². The molecule has 2 aliphatic carbocycles. The summed E-state index contributed by atoms with van der Waals surface area (Å²) in [6.07, 6.45) is 11.3. The molecule has 2 saturated carbocycles. The van der Waals surface area contributed by atoms with Crippen LogP contribution < -0.4 is 10.7 Å². The molecule has 0 radical (unpaired) electrons. The fourth-order valence-electron chi connectivity index (χ4n) is 5.85. The van der Waals surface area contributed by atoms with Gasteiger partial charge in [-0.3, -0.25) is 15.0 Å². The zero-order chi connectivity index (χ0) is 23.2. The number of fused-ring (bicyclic) bond motifs is 1. The number of amides is 2. The maximum atomic E-state index is 12.8. The van der Waals surface area contributed by atoms with Crippen molar-refractivity contribution in [2.75, 3.05) is 46.4 Å². The molecule has 8 nitrogen and oxygen atoms in total. The Morgan fingerprint density at radius 2 is 1.94 bits per heavy atom. The first kappa shape index (κ1) is 24.9. The summed E-state index contributed by atoms with van der Waals surface area (Å²) in [4.78, 5) is 27.2. The molecule has 8 heteroatoms. The van der Waals surface area contributed by atoms with E-state index in [-0.39, 0.29) is 23.8 Å². The lowest BCUT2D eigenvalue weighted by Gasteiger charge is -2.38. The van der Waals surface area contributed by atoms with Gasteiger partial charge in [0.2, 0.25) is 11.8 Å². The summed E-state index contributed by atoms with van der Waals surface area (Å²) in [7, 11) is 1.84. The third kappa shape index (κ3) is 7.13. The van der Waals surface area contributed by atoms with Crippen LogP contribution in [0.3, 0.4) is 0 Å². The average molecular weight is 465 g/mol. The lowest BCUT2D eigenvalue weighted by atomic mass is 9.78. The molecule has 2 aliphatic heterocycles. The van der Waals surface area contributed by atoms with Crippen LogP contribution in [0.5, 0.6) is 0 Å². The van der Waals surface area contributed by atoms with Crippen molar-refractivity contribution in [3.63, 3.8) is 0 Å². The largest absolute Gasteiger partial charge is 0.377 e. The van der Waals surface area contributed by atoms with Crippen molar-refractivity contribution >= 4 is 11.8 Å².